The summed E-state index contributed by atoms with van der Waals surface area (Å²) in [5, 5.41) is 2.93. The molecule has 3 aromatic carbocycles. The molecule has 8 heteroatoms. The Morgan fingerprint density at radius 3 is 2.51 bits per heavy atom. The molecule has 0 bridgehead atoms. The van der Waals surface area contributed by atoms with Crippen molar-refractivity contribution in [1.82, 2.24) is 5.32 Å². The summed E-state index contributed by atoms with van der Waals surface area (Å²) in [6.45, 7) is 4.84. The number of hydrogen-bond donors (Lipinski definition) is 1. The Labute approximate surface area is 223 Å². The van der Waals surface area contributed by atoms with E-state index in [1.165, 1.54) is 48.1 Å². The first-order valence-electron chi connectivity index (χ1n) is 12.5. The summed E-state index contributed by atoms with van der Waals surface area (Å²) in [7, 11) is -3.98. The van der Waals surface area contributed by atoms with Crippen LogP contribution in [-0.4, -0.2) is 38.3 Å². The number of amides is 2. The molecule has 0 atom stereocenters. The van der Waals surface area contributed by atoms with Crippen molar-refractivity contribution in [2.45, 2.75) is 49.4 Å². The normalized spacial score (nSPS) is 14.0. The zero-order valence-electron chi connectivity index (χ0n) is 21.2. The van der Waals surface area contributed by atoms with Gasteiger partial charge in [0.2, 0.25) is 9.84 Å². The Hall–Kier alpha value is -3.10. The Morgan fingerprint density at radius 1 is 0.946 bits per heavy atom. The lowest BCUT2D eigenvalue weighted by Crippen LogP contribution is -2.31. The number of carbonyl (C=O) groups is 2. The van der Waals surface area contributed by atoms with Crippen LogP contribution in [0.4, 0.5) is 5.69 Å². The maximum absolute atomic E-state index is 13.7. The van der Waals surface area contributed by atoms with E-state index in [2.05, 4.69) is 12.2 Å². The van der Waals surface area contributed by atoms with Crippen LogP contribution < -0.4 is 10.2 Å². The second kappa shape index (κ2) is 12.0. The predicted octanol–water partition coefficient (Wildman–Crippen LogP) is 5.64. The van der Waals surface area contributed by atoms with E-state index in [0.29, 0.717) is 12.1 Å². The Kier molecular flexibility index (Phi) is 8.71. The summed E-state index contributed by atoms with van der Waals surface area (Å²) >= 11 is 1.88. The van der Waals surface area contributed by atoms with Gasteiger partial charge in [-0.3, -0.25) is 9.59 Å². The number of sulfone groups is 1. The second-order valence-corrected chi connectivity index (χ2v) is 12.2. The fraction of sp³-hybridized carbons (Fsp3) is 0.310. The van der Waals surface area contributed by atoms with Crippen molar-refractivity contribution in [3.63, 3.8) is 0 Å². The standard InChI is InChI=1S/C29H32N2O4S2/c1-3-4-16-36-17-8-15-30-28(32)23-13-14-27-25(19-23)31(20-22-10-7-9-21(2)18-22)29(33)24-11-5-6-12-26(24)37(27,34)35/h5-7,9-14,18-19H,3-4,8,15-17,20H2,1-2H3,(H,30,32). The van der Waals surface area contributed by atoms with Gasteiger partial charge in [-0.15, -0.1) is 0 Å². The zero-order valence-corrected chi connectivity index (χ0v) is 22.8. The van der Waals surface area contributed by atoms with Crippen LogP contribution in [-0.2, 0) is 16.4 Å². The van der Waals surface area contributed by atoms with E-state index in [0.717, 1.165) is 29.1 Å². The molecule has 1 aliphatic heterocycles. The van der Waals surface area contributed by atoms with Crippen molar-refractivity contribution in [1.29, 1.82) is 0 Å². The summed E-state index contributed by atoms with van der Waals surface area (Å²) in [5.41, 5.74) is 2.56. The largest absolute Gasteiger partial charge is 0.352 e. The van der Waals surface area contributed by atoms with Crippen LogP contribution in [0.2, 0.25) is 0 Å². The van der Waals surface area contributed by atoms with E-state index in [1.807, 2.05) is 43.0 Å². The second-order valence-electron chi connectivity index (χ2n) is 9.14. The summed E-state index contributed by atoms with van der Waals surface area (Å²) in [6.07, 6.45) is 3.22. The van der Waals surface area contributed by atoms with Gasteiger partial charge in [0.25, 0.3) is 11.8 Å². The summed E-state index contributed by atoms with van der Waals surface area (Å²) in [4.78, 5) is 28.1. The molecule has 4 rings (SSSR count). The Bertz CT molecular complexity index is 1400. The number of carbonyl (C=O) groups excluding carboxylic acids is 2. The molecule has 0 saturated carbocycles. The van der Waals surface area contributed by atoms with Gasteiger partial charge in [-0.2, -0.15) is 11.8 Å². The smallest absolute Gasteiger partial charge is 0.259 e. The van der Waals surface area contributed by atoms with E-state index < -0.39 is 15.7 Å². The highest BCUT2D eigenvalue weighted by Gasteiger charge is 2.36. The SMILES string of the molecule is CCCCSCCCNC(=O)c1ccc2c(c1)N(Cc1cccc(C)c1)C(=O)c1ccccc1S2(=O)=O. The van der Waals surface area contributed by atoms with Crippen LogP contribution in [0.1, 0.15) is 58.0 Å². The molecule has 2 amide bonds. The predicted molar refractivity (Wildman–Crippen MR) is 149 cm³/mol. The molecule has 1 aliphatic rings. The third-order valence-corrected chi connectivity index (χ3v) is 9.28. The molecule has 0 radical (unpaired) electrons. The first kappa shape index (κ1) is 26.9. The molecule has 0 fully saturated rings. The van der Waals surface area contributed by atoms with E-state index in [4.69, 9.17) is 0 Å². The summed E-state index contributed by atoms with van der Waals surface area (Å²) in [5.74, 6) is 1.39. The maximum atomic E-state index is 13.7. The molecule has 1 heterocycles. The Morgan fingerprint density at radius 2 is 1.73 bits per heavy atom. The Balaban J connectivity index is 1.66. The summed E-state index contributed by atoms with van der Waals surface area (Å²) in [6, 6.07) is 18.5. The average molecular weight is 537 g/mol. The van der Waals surface area contributed by atoms with E-state index in [1.54, 1.807) is 12.1 Å². The summed E-state index contributed by atoms with van der Waals surface area (Å²) < 4.78 is 27.3. The molecule has 0 unspecified atom stereocenters. The molecule has 0 aromatic heterocycles. The number of aryl methyl sites for hydroxylation is 1. The van der Waals surface area contributed by atoms with Gasteiger partial charge in [0.15, 0.2) is 0 Å². The van der Waals surface area contributed by atoms with Crippen molar-refractivity contribution < 1.29 is 18.0 Å². The highest BCUT2D eigenvalue weighted by molar-refractivity contribution is 7.99. The molecule has 37 heavy (non-hydrogen) atoms. The lowest BCUT2D eigenvalue weighted by Gasteiger charge is -2.24. The number of nitrogens with zero attached hydrogens (tertiary/aromatic N) is 1. The molecule has 6 nitrogen and oxygen atoms in total. The van der Waals surface area contributed by atoms with Gasteiger partial charge < -0.3 is 10.2 Å². The van der Waals surface area contributed by atoms with Crippen LogP contribution in [0, 0.1) is 6.92 Å². The number of unbranched alkanes of at least 4 members (excludes halogenated alkanes) is 1. The van der Waals surface area contributed by atoms with Gasteiger partial charge in [-0.25, -0.2) is 8.42 Å². The van der Waals surface area contributed by atoms with Gasteiger partial charge in [0.05, 0.1) is 27.6 Å². The van der Waals surface area contributed by atoms with Gasteiger partial charge in [0.1, 0.15) is 0 Å². The van der Waals surface area contributed by atoms with E-state index >= 15 is 0 Å². The number of thioether (sulfide) groups is 1. The maximum Gasteiger partial charge on any atom is 0.259 e. The van der Waals surface area contributed by atoms with Gasteiger partial charge in [-0.1, -0.05) is 55.3 Å². The number of benzene rings is 3. The van der Waals surface area contributed by atoms with Crippen molar-refractivity contribution in [3.8, 4) is 0 Å². The molecular formula is C29H32N2O4S2. The van der Waals surface area contributed by atoms with Crippen molar-refractivity contribution in [2.24, 2.45) is 0 Å². The van der Waals surface area contributed by atoms with Crippen LogP contribution in [0.25, 0.3) is 0 Å². The highest BCUT2D eigenvalue weighted by atomic mass is 32.2. The number of hydrogen-bond acceptors (Lipinski definition) is 5. The fourth-order valence-corrected chi connectivity index (χ4v) is 7.00. The minimum absolute atomic E-state index is 0.0160. The lowest BCUT2D eigenvalue weighted by atomic mass is 10.1. The first-order chi connectivity index (χ1) is 17.8. The van der Waals surface area contributed by atoms with Gasteiger partial charge in [-0.05, 0) is 67.2 Å². The van der Waals surface area contributed by atoms with E-state index in [9.17, 15) is 18.0 Å². The van der Waals surface area contributed by atoms with Crippen LogP contribution >= 0.6 is 11.8 Å². The molecule has 194 valence electrons. The minimum Gasteiger partial charge on any atom is -0.352 e. The zero-order chi connectivity index (χ0) is 26.4. The molecular weight excluding hydrogens is 504 g/mol. The van der Waals surface area contributed by atoms with Crippen molar-refractivity contribution >= 4 is 39.1 Å². The molecule has 0 spiro atoms. The number of rotatable bonds is 10. The third-order valence-electron chi connectivity index (χ3n) is 6.27. The number of nitrogens with one attached hydrogen (secondary N) is 1. The van der Waals surface area contributed by atoms with E-state index in [-0.39, 0.29) is 33.5 Å². The minimum atomic E-state index is -3.98. The van der Waals surface area contributed by atoms with Gasteiger partial charge >= 0.3 is 0 Å². The van der Waals surface area contributed by atoms with Crippen molar-refractivity contribution in [2.75, 3.05) is 23.0 Å². The lowest BCUT2D eigenvalue weighted by molar-refractivity contribution is 0.0950. The highest BCUT2D eigenvalue weighted by Crippen LogP contribution is 2.38. The monoisotopic (exact) mass is 536 g/mol. The van der Waals surface area contributed by atoms with Crippen LogP contribution in [0.3, 0.4) is 0 Å². The number of anilines is 1. The first-order valence-corrected chi connectivity index (χ1v) is 15.2. The number of fused-ring (bicyclic) bond motifs is 2. The third kappa shape index (κ3) is 6.08. The van der Waals surface area contributed by atoms with Crippen molar-refractivity contribution in [3.05, 3.63) is 89.0 Å². The quantitative estimate of drug-likeness (QED) is 0.339. The topological polar surface area (TPSA) is 83.6 Å². The average Bonchev–Trinajstić information content (AvgIpc) is 2.96. The fourth-order valence-electron chi connectivity index (χ4n) is 4.32. The van der Waals surface area contributed by atoms with Crippen LogP contribution in [0.5, 0.6) is 0 Å². The van der Waals surface area contributed by atoms with Gasteiger partial charge in [0, 0.05) is 12.1 Å². The van der Waals surface area contributed by atoms with Crippen LogP contribution in [0.15, 0.2) is 76.5 Å². The molecule has 1 N–H and O–H groups in total. The molecule has 3 aromatic rings. The molecule has 0 saturated heterocycles. The molecule has 0 aliphatic carbocycles.